The summed E-state index contributed by atoms with van der Waals surface area (Å²) in [5, 5.41) is 3.07. The van der Waals surface area contributed by atoms with Gasteiger partial charge in [0.1, 0.15) is 12.6 Å². The third-order valence-electron chi connectivity index (χ3n) is 6.26. The van der Waals surface area contributed by atoms with Gasteiger partial charge in [-0.2, -0.15) is 0 Å². The lowest BCUT2D eigenvalue weighted by Gasteiger charge is -2.32. The van der Waals surface area contributed by atoms with Crippen LogP contribution in [0.4, 0.5) is 5.69 Å². The minimum Gasteiger partial charge on any atom is -0.352 e. The second kappa shape index (κ2) is 11.5. The molecule has 0 heterocycles. The van der Waals surface area contributed by atoms with Gasteiger partial charge in [-0.15, -0.1) is 0 Å². The summed E-state index contributed by atoms with van der Waals surface area (Å²) in [5.41, 5.74) is 2.33. The van der Waals surface area contributed by atoms with Gasteiger partial charge in [0, 0.05) is 16.2 Å². The molecule has 0 aliphatic heterocycles. The number of rotatable bonds is 9. The van der Waals surface area contributed by atoms with Crippen molar-refractivity contribution >= 4 is 50.1 Å². The predicted octanol–water partition coefficient (Wildman–Crippen LogP) is 3.84. The molecule has 2 aromatic carbocycles. The molecule has 1 aliphatic rings. The summed E-state index contributed by atoms with van der Waals surface area (Å²) in [6.45, 7) is 3.49. The zero-order valence-electron chi connectivity index (χ0n) is 19.8. The van der Waals surface area contributed by atoms with E-state index in [9.17, 15) is 18.0 Å². The van der Waals surface area contributed by atoms with Crippen molar-refractivity contribution in [3.63, 3.8) is 0 Å². The number of aryl methyl sites for hydroxylation is 1. The summed E-state index contributed by atoms with van der Waals surface area (Å²) in [6, 6.07) is 14.0. The van der Waals surface area contributed by atoms with E-state index in [1.54, 1.807) is 31.2 Å². The second-order valence-corrected chi connectivity index (χ2v) is 12.0. The van der Waals surface area contributed by atoms with Crippen LogP contribution >= 0.6 is 22.6 Å². The number of hydrogen-bond donors (Lipinski definition) is 1. The van der Waals surface area contributed by atoms with E-state index in [0.717, 1.165) is 50.9 Å². The van der Waals surface area contributed by atoms with Crippen molar-refractivity contribution in [1.29, 1.82) is 0 Å². The van der Waals surface area contributed by atoms with E-state index in [1.165, 1.54) is 4.90 Å². The van der Waals surface area contributed by atoms with Crippen LogP contribution < -0.4 is 9.62 Å². The Kier molecular flexibility index (Phi) is 8.97. The number of nitrogens with zero attached hydrogens (tertiary/aromatic N) is 2. The molecule has 9 heteroatoms. The molecule has 3 rings (SSSR count). The van der Waals surface area contributed by atoms with E-state index < -0.39 is 22.0 Å². The van der Waals surface area contributed by atoms with Crippen molar-refractivity contribution in [2.45, 2.75) is 58.2 Å². The molecule has 0 bridgehead atoms. The van der Waals surface area contributed by atoms with Crippen LogP contribution in [0.15, 0.2) is 48.5 Å². The number of benzene rings is 2. The van der Waals surface area contributed by atoms with Crippen molar-refractivity contribution in [1.82, 2.24) is 10.2 Å². The molecule has 184 valence electrons. The van der Waals surface area contributed by atoms with E-state index in [4.69, 9.17) is 0 Å². The van der Waals surface area contributed by atoms with Crippen molar-refractivity contribution in [2.75, 3.05) is 17.1 Å². The topological polar surface area (TPSA) is 86.8 Å². The van der Waals surface area contributed by atoms with Crippen molar-refractivity contribution < 1.29 is 18.0 Å². The molecule has 1 aliphatic carbocycles. The number of amides is 2. The van der Waals surface area contributed by atoms with Crippen LogP contribution in [0.25, 0.3) is 0 Å². The number of sulfonamides is 1. The van der Waals surface area contributed by atoms with Gasteiger partial charge in [0.25, 0.3) is 0 Å². The van der Waals surface area contributed by atoms with Crippen molar-refractivity contribution in [3.8, 4) is 0 Å². The quantitative estimate of drug-likeness (QED) is 0.446. The van der Waals surface area contributed by atoms with Gasteiger partial charge in [0.2, 0.25) is 21.8 Å². The lowest BCUT2D eigenvalue weighted by molar-refractivity contribution is -0.139. The van der Waals surface area contributed by atoms with E-state index in [0.29, 0.717) is 5.69 Å². The molecule has 1 atom stereocenters. The third-order valence-corrected chi connectivity index (χ3v) is 8.12. The highest BCUT2D eigenvalue weighted by Crippen LogP contribution is 2.22. The zero-order chi connectivity index (χ0) is 24.9. The Bertz CT molecular complexity index is 1120. The monoisotopic (exact) mass is 597 g/mol. The van der Waals surface area contributed by atoms with Crippen LogP contribution in [-0.4, -0.2) is 50.0 Å². The maximum Gasteiger partial charge on any atom is 0.244 e. The molecular formula is C25H32IN3O4S. The van der Waals surface area contributed by atoms with E-state index >= 15 is 0 Å². The van der Waals surface area contributed by atoms with E-state index in [1.807, 2.05) is 31.2 Å². The SMILES string of the molecule is Cc1ccccc1CN(C(=O)CN(c1ccc(I)cc1)S(C)(=O)=O)[C@@H](C)C(=O)NC1CCCC1. The van der Waals surface area contributed by atoms with Gasteiger partial charge in [0.15, 0.2) is 0 Å². The number of nitrogens with one attached hydrogen (secondary N) is 1. The molecule has 0 saturated heterocycles. The summed E-state index contributed by atoms with van der Waals surface area (Å²) in [4.78, 5) is 28.1. The normalized spacial score (nSPS) is 15.1. The molecular weight excluding hydrogens is 565 g/mol. The standard InChI is InChI=1S/C25H32IN3O4S/c1-18-8-4-5-9-20(18)16-28(19(2)25(31)27-22-10-6-7-11-22)24(30)17-29(34(3,32)33)23-14-12-21(26)13-15-23/h4-5,8-9,12-15,19,22H,6-7,10-11,16-17H2,1-3H3,(H,27,31)/t19-/m0/s1. The Morgan fingerprint density at radius 2 is 1.71 bits per heavy atom. The molecule has 7 nitrogen and oxygen atoms in total. The average molecular weight is 598 g/mol. The Morgan fingerprint density at radius 3 is 2.29 bits per heavy atom. The molecule has 34 heavy (non-hydrogen) atoms. The summed E-state index contributed by atoms with van der Waals surface area (Å²) < 4.78 is 27.2. The fourth-order valence-electron chi connectivity index (χ4n) is 4.17. The Hall–Kier alpha value is -2.14. The van der Waals surface area contributed by atoms with Crippen LogP contribution in [0.1, 0.15) is 43.7 Å². The Labute approximate surface area is 216 Å². The zero-order valence-corrected chi connectivity index (χ0v) is 22.8. The van der Waals surface area contributed by atoms with Gasteiger partial charge in [-0.1, -0.05) is 37.1 Å². The van der Waals surface area contributed by atoms with Crippen LogP contribution in [0.2, 0.25) is 0 Å². The van der Waals surface area contributed by atoms with Crippen LogP contribution in [0, 0.1) is 10.5 Å². The van der Waals surface area contributed by atoms with Gasteiger partial charge < -0.3 is 10.2 Å². The summed E-state index contributed by atoms with van der Waals surface area (Å²) in [6.07, 6.45) is 5.15. The minimum absolute atomic E-state index is 0.129. The first-order chi connectivity index (χ1) is 16.1. The molecule has 1 N–H and O–H groups in total. The fourth-order valence-corrected chi connectivity index (χ4v) is 5.38. The predicted molar refractivity (Wildman–Crippen MR) is 143 cm³/mol. The van der Waals surface area contributed by atoms with Gasteiger partial charge in [0.05, 0.1) is 11.9 Å². The molecule has 0 unspecified atom stereocenters. The number of carbonyl (C=O) groups is 2. The first kappa shape index (κ1) is 26.5. The molecule has 0 aromatic heterocycles. The van der Waals surface area contributed by atoms with Gasteiger partial charge in [-0.3, -0.25) is 13.9 Å². The molecule has 2 amide bonds. The fraction of sp³-hybridized carbons (Fsp3) is 0.440. The average Bonchev–Trinajstić information content (AvgIpc) is 3.29. The maximum atomic E-state index is 13.6. The van der Waals surface area contributed by atoms with Crippen molar-refractivity contribution in [3.05, 3.63) is 63.2 Å². The first-order valence-electron chi connectivity index (χ1n) is 11.4. The Morgan fingerprint density at radius 1 is 1.09 bits per heavy atom. The summed E-state index contributed by atoms with van der Waals surface area (Å²) >= 11 is 2.14. The highest BCUT2D eigenvalue weighted by atomic mass is 127. The van der Waals surface area contributed by atoms with E-state index in [-0.39, 0.29) is 25.0 Å². The molecule has 1 fully saturated rings. The Balaban J connectivity index is 1.88. The smallest absolute Gasteiger partial charge is 0.244 e. The molecule has 0 spiro atoms. The van der Waals surface area contributed by atoms with Crippen LogP contribution in [0.5, 0.6) is 0 Å². The third kappa shape index (κ3) is 6.94. The maximum absolute atomic E-state index is 13.6. The number of anilines is 1. The minimum atomic E-state index is -3.72. The molecule has 1 saturated carbocycles. The van der Waals surface area contributed by atoms with Crippen molar-refractivity contribution in [2.24, 2.45) is 0 Å². The lowest BCUT2D eigenvalue weighted by Crippen LogP contribution is -2.52. The number of hydrogen-bond acceptors (Lipinski definition) is 4. The summed E-state index contributed by atoms with van der Waals surface area (Å²) in [5.74, 6) is -0.643. The molecule has 0 radical (unpaired) electrons. The number of halogens is 1. The first-order valence-corrected chi connectivity index (χ1v) is 14.4. The van der Waals surface area contributed by atoms with Gasteiger partial charge >= 0.3 is 0 Å². The van der Waals surface area contributed by atoms with Gasteiger partial charge in [-0.05, 0) is 84.7 Å². The lowest BCUT2D eigenvalue weighted by atomic mass is 10.1. The van der Waals surface area contributed by atoms with Gasteiger partial charge in [-0.25, -0.2) is 8.42 Å². The molecule has 2 aromatic rings. The highest BCUT2D eigenvalue weighted by molar-refractivity contribution is 14.1. The van der Waals surface area contributed by atoms with Crippen LogP contribution in [0.3, 0.4) is 0 Å². The largest absolute Gasteiger partial charge is 0.352 e. The summed E-state index contributed by atoms with van der Waals surface area (Å²) in [7, 11) is -3.72. The number of carbonyl (C=O) groups excluding carboxylic acids is 2. The van der Waals surface area contributed by atoms with Crippen LogP contribution in [-0.2, 0) is 26.2 Å². The van der Waals surface area contributed by atoms with E-state index in [2.05, 4.69) is 27.9 Å². The highest BCUT2D eigenvalue weighted by Gasteiger charge is 2.31. The second-order valence-electron chi connectivity index (χ2n) is 8.86.